The van der Waals surface area contributed by atoms with Gasteiger partial charge in [0.2, 0.25) is 5.91 Å². The minimum atomic E-state index is -0.475. The Bertz CT molecular complexity index is 943. The number of thioether (sulfide) groups is 1. The number of carbonyl (C=O) groups is 3. The van der Waals surface area contributed by atoms with Crippen molar-refractivity contribution < 1.29 is 19.1 Å². The lowest BCUT2D eigenvalue weighted by atomic mass is 10.2. The van der Waals surface area contributed by atoms with Crippen molar-refractivity contribution in [1.29, 1.82) is 0 Å². The number of ether oxygens (including phenoxy) is 1. The SMILES string of the molecule is CCOc1ccc(NC(=O)CN2C(=O)S/C(=C/c3cccc(Br)c3)C2=O)cc1. The summed E-state index contributed by atoms with van der Waals surface area (Å²) in [4.78, 5) is 38.2. The zero-order valence-electron chi connectivity index (χ0n) is 15.0. The first-order valence-corrected chi connectivity index (χ1v) is 10.1. The largest absolute Gasteiger partial charge is 0.494 e. The Labute approximate surface area is 175 Å². The zero-order valence-corrected chi connectivity index (χ0v) is 17.4. The van der Waals surface area contributed by atoms with Crippen molar-refractivity contribution >= 4 is 56.5 Å². The number of hydrogen-bond acceptors (Lipinski definition) is 5. The minimum absolute atomic E-state index is 0.289. The molecule has 2 aromatic carbocycles. The quantitative estimate of drug-likeness (QED) is 0.641. The van der Waals surface area contributed by atoms with Crippen LogP contribution in [-0.4, -0.2) is 35.1 Å². The van der Waals surface area contributed by atoms with Gasteiger partial charge in [-0.1, -0.05) is 28.1 Å². The van der Waals surface area contributed by atoms with E-state index in [9.17, 15) is 14.4 Å². The first-order valence-electron chi connectivity index (χ1n) is 8.50. The second kappa shape index (κ2) is 9.07. The molecule has 3 rings (SSSR count). The van der Waals surface area contributed by atoms with Crippen molar-refractivity contribution in [3.8, 4) is 5.75 Å². The van der Waals surface area contributed by atoms with E-state index < -0.39 is 17.1 Å². The van der Waals surface area contributed by atoms with E-state index in [1.54, 1.807) is 30.3 Å². The van der Waals surface area contributed by atoms with E-state index >= 15 is 0 Å². The van der Waals surface area contributed by atoms with Crippen molar-refractivity contribution in [2.24, 2.45) is 0 Å². The van der Waals surface area contributed by atoms with Gasteiger partial charge in [-0.05, 0) is 66.7 Å². The lowest BCUT2D eigenvalue weighted by molar-refractivity contribution is -0.127. The van der Waals surface area contributed by atoms with E-state index in [4.69, 9.17) is 4.74 Å². The molecule has 8 heteroatoms. The van der Waals surface area contributed by atoms with Crippen molar-refractivity contribution in [3.63, 3.8) is 0 Å². The Morgan fingerprint density at radius 2 is 1.96 bits per heavy atom. The van der Waals surface area contributed by atoms with Crippen molar-refractivity contribution in [1.82, 2.24) is 4.90 Å². The molecule has 0 bridgehead atoms. The molecule has 0 atom stereocenters. The topological polar surface area (TPSA) is 75.7 Å². The minimum Gasteiger partial charge on any atom is -0.494 e. The maximum absolute atomic E-state index is 12.5. The van der Waals surface area contributed by atoms with E-state index in [1.165, 1.54) is 0 Å². The molecular weight excluding hydrogens is 444 g/mol. The van der Waals surface area contributed by atoms with Crippen LogP contribution < -0.4 is 10.1 Å². The van der Waals surface area contributed by atoms with Crippen LogP contribution >= 0.6 is 27.7 Å². The molecule has 3 amide bonds. The van der Waals surface area contributed by atoms with Gasteiger partial charge in [-0.2, -0.15) is 0 Å². The number of rotatable bonds is 6. The molecule has 144 valence electrons. The van der Waals surface area contributed by atoms with Gasteiger partial charge in [0.25, 0.3) is 11.1 Å². The normalized spacial score (nSPS) is 15.2. The standard InChI is InChI=1S/C20H17BrN2O4S/c1-2-27-16-8-6-15(7-9-16)22-18(24)12-23-19(25)17(28-20(23)26)11-13-4-3-5-14(21)10-13/h3-11H,2,12H2,1H3,(H,22,24)/b17-11+. The molecule has 1 N–H and O–H groups in total. The maximum Gasteiger partial charge on any atom is 0.294 e. The number of hydrogen-bond donors (Lipinski definition) is 1. The van der Waals surface area contributed by atoms with Gasteiger partial charge >= 0.3 is 0 Å². The van der Waals surface area contributed by atoms with Gasteiger partial charge in [0.15, 0.2) is 0 Å². The second-order valence-corrected chi connectivity index (χ2v) is 7.74. The van der Waals surface area contributed by atoms with Gasteiger partial charge in [0.05, 0.1) is 11.5 Å². The molecular formula is C20H17BrN2O4S. The molecule has 1 aliphatic heterocycles. The van der Waals surface area contributed by atoms with Gasteiger partial charge < -0.3 is 10.1 Å². The smallest absolute Gasteiger partial charge is 0.294 e. The third-order valence-corrected chi connectivity index (χ3v) is 5.17. The van der Waals surface area contributed by atoms with Crippen LogP contribution in [0.3, 0.4) is 0 Å². The number of benzene rings is 2. The van der Waals surface area contributed by atoms with E-state index in [2.05, 4.69) is 21.2 Å². The summed E-state index contributed by atoms with van der Waals surface area (Å²) in [5.41, 5.74) is 1.35. The highest BCUT2D eigenvalue weighted by atomic mass is 79.9. The number of carbonyl (C=O) groups excluding carboxylic acids is 3. The Morgan fingerprint density at radius 3 is 2.64 bits per heavy atom. The van der Waals surface area contributed by atoms with E-state index in [0.717, 1.165) is 26.7 Å². The van der Waals surface area contributed by atoms with Gasteiger partial charge in [-0.3, -0.25) is 19.3 Å². The summed E-state index contributed by atoms with van der Waals surface area (Å²) >= 11 is 4.19. The lowest BCUT2D eigenvalue weighted by Crippen LogP contribution is -2.36. The van der Waals surface area contributed by atoms with Crippen LogP contribution in [0.15, 0.2) is 57.9 Å². The molecule has 0 saturated carbocycles. The summed E-state index contributed by atoms with van der Waals surface area (Å²) in [5, 5.41) is 2.21. The average Bonchev–Trinajstić information content (AvgIpc) is 2.91. The summed E-state index contributed by atoms with van der Waals surface area (Å²) in [6.45, 7) is 2.10. The van der Waals surface area contributed by atoms with E-state index in [0.29, 0.717) is 18.0 Å². The summed E-state index contributed by atoms with van der Waals surface area (Å²) < 4.78 is 6.22. The third-order valence-electron chi connectivity index (χ3n) is 3.77. The van der Waals surface area contributed by atoms with Crippen molar-refractivity contribution in [2.75, 3.05) is 18.5 Å². The van der Waals surface area contributed by atoms with Crippen molar-refractivity contribution in [3.05, 3.63) is 63.5 Å². The maximum atomic E-state index is 12.5. The lowest BCUT2D eigenvalue weighted by Gasteiger charge is -2.12. The Hall–Kier alpha value is -2.58. The summed E-state index contributed by atoms with van der Waals surface area (Å²) in [6, 6.07) is 14.2. The number of nitrogens with zero attached hydrogens (tertiary/aromatic N) is 1. The third kappa shape index (κ3) is 5.02. The molecule has 1 fully saturated rings. The molecule has 6 nitrogen and oxygen atoms in total. The predicted octanol–water partition coefficient (Wildman–Crippen LogP) is 4.52. The van der Waals surface area contributed by atoms with Crippen molar-refractivity contribution in [2.45, 2.75) is 6.92 Å². The number of amides is 3. The highest BCUT2D eigenvalue weighted by molar-refractivity contribution is 9.10. The average molecular weight is 461 g/mol. The van der Waals surface area contributed by atoms with Crippen LogP contribution in [0.25, 0.3) is 6.08 Å². The van der Waals surface area contributed by atoms with Gasteiger partial charge in [0, 0.05) is 10.2 Å². The second-order valence-electron chi connectivity index (χ2n) is 5.83. The van der Waals surface area contributed by atoms with Gasteiger partial charge in [0.1, 0.15) is 12.3 Å². The fourth-order valence-electron chi connectivity index (χ4n) is 2.53. The van der Waals surface area contributed by atoms with Crippen LogP contribution in [0.4, 0.5) is 10.5 Å². The zero-order chi connectivity index (χ0) is 20.1. The van der Waals surface area contributed by atoms with Crippen LogP contribution in [-0.2, 0) is 9.59 Å². The summed E-state index contributed by atoms with van der Waals surface area (Å²) in [7, 11) is 0. The molecule has 0 spiro atoms. The Morgan fingerprint density at radius 1 is 1.21 bits per heavy atom. The summed E-state index contributed by atoms with van der Waals surface area (Å²) in [6.07, 6.45) is 1.64. The van der Waals surface area contributed by atoms with Crippen LogP contribution in [0.2, 0.25) is 0 Å². The van der Waals surface area contributed by atoms with E-state index in [1.807, 2.05) is 31.2 Å². The molecule has 0 unspecified atom stereocenters. The first kappa shape index (κ1) is 20.2. The molecule has 0 radical (unpaired) electrons. The molecule has 28 heavy (non-hydrogen) atoms. The van der Waals surface area contributed by atoms with Gasteiger partial charge in [-0.15, -0.1) is 0 Å². The molecule has 0 aliphatic carbocycles. The number of imide groups is 1. The number of anilines is 1. The molecule has 1 aliphatic rings. The molecule has 0 aromatic heterocycles. The van der Waals surface area contributed by atoms with Crippen LogP contribution in [0, 0.1) is 0 Å². The highest BCUT2D eigenvalue weighted by Gasteiger charge is 2.36. The molecule has 2 aromatic rings. The number of nitrogens with one attached hydrogen (secondary N) is 1. The Kier molecular flexibility index (Phi) is 6.53. The molecule has 1 heterocycles. The highest BCUT2D eigenvalue weighted by Crippen LogP contribution is 2.32. The number of halogens is 1. The summed E-state index contributed by atoms with van der Waals surface area (Å²) in [5.74, 6) is -0.226. The monoisotopic (exact) mass is 460 g/mol. The molecule has 1 saturated heterocycles. The fourth-order valence-corrected chi connectivity index (χ4v) is 3.78. The van der Waals surface area contributed by atoms with Crippen LogP contribution in [0.5, 0.6) is 5.75 Å². The first-order chi connectivity index (χ1) is 13.5. The van der Waals surface area contributed by atoms with E-state index in [-0.39, 0.29) is 11.4 Å². The Balaban J connectivity index is 1.64. The predicted molar refractivity (Wildman–Crippen MR) is 113 cm³/mol. The van der Waals surface area contributed by atoms with Crippen LogP contribution in [0.1, 0.15) is 12.5 Å². The fraction of sp³-hybridized carbons (Fsp3) is 0.150. The van der Waals surface area contributed by atoms with Gasteiger partial charge in [-0.25, -0.2) is 0 Å².